The van der Waals surface area contributed by atoms with Gasteiger partial charge in [0.1, 0.15) is 5.82 Å². The molecule has 0 aliphatic carbocycles. The Morgan fingerprint density at radius 1 is 1.27 bits per heavy atom. The number of hydrogen-bond donors (Lipinski definition) is 1. The van der Waals surface area contributed by atoms with Gasteiger partial charge in [0.05, 0.1) is 30.0 Å². The lowest BCUT2D eigenvalue weighted by Crippen LogP contribution is -2.51. The molecule has 1 atom stereocenters. The number of piperidine rings is 1. The number of carboxylic acid groups (broad SMARTS) is 1. The number of likely N-dealkylation sites (tertiary alicyclic amines) is 1. The maximum Gasteiger partial charge on any atom is 0.310 e. The van der Waals surface area contributed by atoms with Gasteiger partial charge in [0.15, 0.2) is 0 Å². The first kappa shape index (κ1) is 14.7. The fourth-order valence-electron chi connectivity index (χ4n) is 3.12. The van der Waals surface area contributed by atoms with Crippen LogP contribution in [0.5, 0.6) is 0 Å². The molecular formula is C15H20N4O3. The van der Waals surface area contributed by atoms with Gasteiger partial charge in [0.25, 0.3) is 0 Å². The largest absolute Gasteiger partial charge is 0.481 e. The van der Waals surface area contributed by atoms with Gasteiger partial charge in [-0.25, -0.2) is 4.98 Å². The highest BCUT2D eigenvalue weighted by atomic mass is 16.4. The Morgan fingerprint density at radius 2 is 2.05 bits per heavy atom. The number of hydrogen-bond acceptors (Lipinski definition) is 5. The maximum absolute atomic E-state index is 11.8. The average Bonchev–Trinajstić information content (AvgIpc) is 2.45. The Morgan fingerprint density at radius 3 is 2.73 bits per heavy atom. The van der Waals surface area contributed by atoms with Gasteiger partial charge in [-0.2, -0.15) is 0 Å². The molecule has 2 aliphatic rings. The molecular weight excluding hydrogens is 284 g/mol. The van der Waals surface area contributed by atoms with E-state index < -0.39 is 5.97 Å². The SMILES string of the molecule is CC(=O)N1CCCCC1c1cncc(N2CC(C(=O)O)C2)n1. The standard InChI is InChI=1S/C15H20N4O3/c1-10(20)19-5-3-2-4-13(19)12-6-16-7-14(17-12)18-8-11(9-18)15(21)22/h6-7,11,13H,2-5,8-9H2,1H3,(H,21,22). The molecule has 1 aromatic rings. The van der Waals surface area contributed by atoms with Crippen molar-refractivity contribution < 1.29 is 14.7 Å². The van der Waals surface area contributed by atoms with Crippen LogP contribution in [0.2, 0.25) is 0 Å². The summed E-state index contributed by atoms with van der Waals surface area (Å²) in [6.07, 6.45) is 6.36. The summed E-state index contributed by atoms with van der Waals surface area (Å²) in [5, 5.41) is 8.95. The molecule has 3 rings (SSSR count). The zero-order chi connectivity index (χ0) is 15.7. The third kappa shape index (κ3) is 2.75. The van der Waals surface area contributed by atoms with Crippen LogP contribution in [0.4, 0.5) is 5.82 Å². The van der Waals surface area contributed by atoms with E-state index in [4.69, 9.17) is 5.11 Å². The number of amides is 1. The summed E-state index contributed by atoms with van der Waals surface area (Å²) in [6, 6.07) is -0.0183. The molecule has 0 saturated carbocycles. The predicted octanol–water partition coefficient (Wildman–Crippen LogP) is 1.07. The van der Waals surface area contributed by atoms with Crippen molar-refractivity contribution in [2.24, 2.45) is 5.92 Å². The number of nitrogens with zero attached hydrogens (tertiary/aromatic N) is 4. The van der Waals surface area contributed by atoms with Crippen LogP contribution in [0.15, 0.2) is 12.4 Å². The lowest BCUT2D eigenvalue weighted by Gasteiger charge is -2.38. The second-order valence-electron chi connectivity index (χ2n) is 5.97. The Labute approximate surface area is 129 Å². The summed E-state index contributed by atoms with van der Waals surface area (Å²) in [5.74, 6) is -0.333. The molecule has 0 spiro atoms. The van der Waals surface area contributed by atoms with Crippen molar-refractivity contribution in [1.29, 1.82) is 0 Å². The van der Waals surface area contributed by atoms with E-state index in [-0.39, 0.29) is 17.9 Å². The molecule has 3 heterocycles. The van der Waals surface area contributed by atoms with Crippen LogP contribution in [0, 0.1) is 5.92 Å². The Kier molecular flexibility index (Phi) is 3.96. The summed E-state index contributed by atoms with van der Waals surface area (Å²) in [5.41, 5.74) is 0.797. The number of carboxylic acids is 1. The minimum Gasteiger partial charge on any atom is -0.481 e. The van der Waals surface area contributed by atoms with Gasteiger partial charge in [0.2, 0.25) is 5.91 Å². The zero-order valence-corrected chi connectivity index (χ0v) is 12.6. The van der Waals surface area contributed by atoms with Crippen LogP contribution < -0.4 is 4.90 Å². The summed E-state index contributed by atoms with van der Waals surface area (Å²) in [4.78, 5) is 35.3. The molecule has 22 heavy (non-hydrogen) atoms. The first-order valence-corrected chi connectivity index (χ1v) is 7.63. The van der Waals surface area contributed by atoms with Crippen LogP contribution in [0.1, 0.15) is 37.9 Å². The zero-order valence-electron chi connectivity index (χ0n) is 12.6. The van der Waals surface area contributed by atoms with E-state index in [1.165, 1.54) is 0 Å². The van der Waals surface area contributed by atoms with E-state index in [9.17, 15) is 9.59 Å². The van der Waals surface area contributed by atoms with Crippen molar-refractivity contribution in [3.8, 4) is 0 Å². The molecule has 0 bridgehead atoms. The van der Waals surface area contributed by atoms with Crippen molar-refractivity contribution in [3.63, 3.8) is 0 Å². The predicted molar refractivity (Wildman–Crippen MR) is 79.3 cm³/mol. The topological polar surface area (TPSA) is 86.6 Å². The van der Waals surface area contributed by atoms with E-state index >= 15 is 0 Å². The highest BCUT2D eigenvalue weighted by Crippen LogP contribution is 2.31. The van der Waals surface area contributed by atoms with Crippen molar-refractivity contribution in [2.75, 3.05) is 24.5 Å². The molecule has 2 aliphatic heterocycles. The number of anilines is 1. The number of aromatic nitrogens is 2. The molecule has 1 unspecified atom stereocenters. The third-order valence-electron chi connectivity index (χ3n) is 4.44. The van der Waals surface area contributed by atoms with Crippen LogP contribution in [0.3, 0.4) is 0 Å². The van der Waals surface area contributed by atoms with Crippen molar-refractivity contribution in [1.82, 2.24) is 14.9 Å². The van der Waals surface area contributed by atoms with E-state index in [1.54, 1.807) is 19.3 Å². The van der Waals surface area contributed by atoms with Crippen LogP contribution in [-0.2, 0) is 9.59 Å². The summed E-state index contributed by atoms with van der Waals surface area (Å²) < 4.78 is 0. The quantitative estimate of drug-likeness (QED) is 0.899. The summed E-state index contributed by atoms with van der Waals surface area (Å²) >= 11 is 0. The Hall–Kier alpha value is -2.18. The second-order valence-corrected chi connectivity index (χ2v) is 5.97. The second kappa shape index (κ2) is 5.90. The molecule has 118 valence electrons. The highest BCUT2D eigenvalue weighted by Gasteiger charge is 2.34. The highest BCUT2D eigenvalue weighted by molar-refractivity contribution is 5.74. The molecule has 1 aromatic heterocycles. The summed E-state index contributed by atoms with van der Waals surface area (Å²) in [7, 11) is 0. The lowest BCUT2D eigenvalue weighted by molar-refractivity contribution is -0.142. The van der Waals surface area contributed by atoms with E-state index in [0.29, 0.717) is 18.9 Å². The average molecular weight is 304 g/mol. The molecule has 7 nitrogen and oxygen atoms in total. The number of carbonyl (C=O) groups excluding carboxylic acids is 1. The molecule has 2 saturated heterocycles. The first-order valence-electron chi connectivity index (χ1n) is 7.63. The minimum atomic E-state index is -0.768. The third-order valence-corrected chi connectivity index (χ3v) is 4.44. The normalized spacial score (nSPS) is 22.3. The fraction of sp³-hybridized carbons (Fsp3) is 0.600. The van der Waals surface area contributed by atoms with Gasteiger partial charge in [-0.15, -0.1) is 0 Å². The number of aliphatic carboxylic acids is 1. The summed E-state index contributed by atoms with van der Waals surface area (Å²) in [6.45, 7) is 3.28. The minimum absolute atomic E-state index is 0.0183. The lowest BCUT2D eigenvalue weighted by atomic mass is 9.99. The van der Waals surface area contributed by atoms with Crippen molar-refractivity contribution in [3.05, 3.63) is 18.1 Å². The first-order chi connectivity index (χ1) is 10.6. The van der Waals surface area contributed by atoms with Crippen molar-refractivity contribution in [2.45, 2.75) is 32.2 Å². The van der Waals surface area contributed by atoms with Gasteiger partial charge in [-0.3, -0.25) is 14.6 Å². The molecule has 1 N–H and O–H groups in total. The van der Waals surface area contributed by atoms with Gasteiger partial charge in [-0.1, -0.05) is 0 Å². The monoisotopic (exact) mass is 304 g/mol. The molecule has 1 amide bonds. The number of rotatable bonds is 3. The van der Waals surface area contributed by atoms with E-state index in [0.717, 1.165) is 31.5 Å². The molecule has 0 radical (unpaired) electrons. The van der Waals surface area contributed by atoms with Gasteiger partial charge in [-0.05, 0) is 19.3 Å². The van der Waals surface area contributed by atoms with Gasteiger partial charge in [0, 0.05) is 26.6 Å². The van der Waals surface area contributed by atoms with E-state index in [1.807, 2.05) is 9.80 Å². The van der Waals surface area contributed by atoms with Gasteiger partial charge < -0.3 is 14.9 Å². The molecule has 0 aromatic carbocycles. The van der Waals surface area contributed by atoms with Crippen LogP contribution in [-0.4, -0.2) is 51.5 Å². The fourth-order valence-corrected chi connectivity index (χ4v) is 3.12. The molecule has 7 heteroatoms. The van der Waals surface area contributed by atoms with E-state index in [2.05, 4.69) is 9.97 Å². The van der Waals surface area contributed by atoms with Gasteiger partial charge >= 0.3 is 5.97 Å². The maximum atomic E-state index is 11.8. The van der Waals surface area contributed by atoms with Crippen LogP contribution >= 0.6 is 0 Å². The van der Waals surface area contributed by atoms with Crippen molar-refractivity contribution >= 4 is 17.7 Å². The smallest absolute Gasteiger partial charge is 0.310 e. The Balaban J connectivity index is 1.76. The number of carbonyl (C=O) groups is 2. The molecule has 2 fully saturated rings. The van der Waals surface area contributed by atoms with Crippen LogP contribution in [0.25, 0.3) is 0 Å². The Bertz CT molecular complexity index is 586.